The highest BCUT2D eigenvalue weighted by Crippen LogP contribution is 2.32. The van der Waals surface area contributed by atoms with E-state index in [0.717, 1.165) is 24.7 Å². The van der Waals surface area contributed by atoms with Gasteiger partial charge in [0.15, 0.2) is 0 Å². The van der Waals surface area contributed by atoms with E-state index >= 15 is 0 Å². The zero-order chi connectivity index (χ0) is 18.6. The summed E-state index contributed by atoms with van der Waals surface area (Å²) < 4.78 is 7.48. The maximum Gasteiger partial charge on any atom is 0.232 e. The van der Waals surface area contributed by atoms with Crippen LogP contribution in [0, 0.1) is 18.3 Å². The summed E-state index contributed by atoms with van der Waals surface area (Å²) in [7, 11) is 0. The van der Waals surface area contributed by atoms with Gasteiger partial charge in [0.2, 0.25) is 11.1 Å². The largest absolute Gasteiger partial charge is 0.378 e. The minimum atomic E-state index is 0.522. The van der Waals surface area contributed by atoms with E-state index in [-0.39, 0.29) is 0 Å². The summed E-state index contributed by atoms with van der Waals surface area (Å²) in [6.45, 7) is 4.93. The lowest BCUT2D eigenvalue weighted by molar-refractivity contribution is 0.122. The minimum Gasteiger partial charge on any atom is -0.378 e. The van der Waals surface area contributed by atoms with Gasteiger partial charge in [-0.1, -0.05) is 17.7 Å². The van der Waals surface area contributed by atoms with Gasteiger partial charge < -0.3 is 9.64 Å². The van der Waals surface area contributed by atoms with Crippen molar-refractivity contribution in [1.29, 1.82) is 5.26 Å². The maximum absolute atomic E-state index is 9.35. The second-order valence-electron chi connectivity index (χ2n) is 6.12. The number of nitrogens with zero attached hydrogens (tertiary/aromatic N) is 6. The molecule has 0 N–H and O–H groups in total. The topological polar surface area (TPSA) is 79.9 Å². The predicted molar refractivity (Wildman–Crippen MR) is 102 cm³/mol. The molecule has 8 heteroatoms. The van der Waals surface area contributed by atoms with Gasteiger partial charge in [-0.05, 0) is 43.0 Å². The van der Waals surface area contributed by atoms with E-state index in [1.54, 1.807) is 18.3 Å². The average molecular weight is 378 g/mol. The summed E-state index contributed by atoms with van der Waals surface area (Å²) in [5.74, 6) is 0.777. The third-order valence-electron chi connectivity index (χ3n) is 4.28. The van der Waals surface area contributed by atoms with Crippen molar-refractivity contribution in [3.63, 3.8) is 0 Å². The fourth-order valence-electron chi connectivity index (χ4n) is 2.86. The molecule has 0 spiro atoms. The fourth-order valence-corrected chi connectivity index (χ4v) is 3.73. The van der Waals surface area contributed by atoms with Crippen molar-refractivity contribution >= 4 is 17.7 Å². The van der Waals surface area contributed by atoms with Gasteiger partial charge in [0.1, 0.15) is 11.1 Å². The second-order valence-corrected chi connectivity index (χ2v) is 7.08. The third kappa shape index (κ3) is 3.65. The van der Waals surface area contributed by atoms with Crippen molar-refractivity contribution in [2.45, 2.75) is 17.1 Å². The molecule has 0 atom stereocenters. The molecule has 3 aromatic rings. The lowest BCUT2D eigenvalue weighted by Gasteiger charge is -2.27. The van der Waals surface area contributed by atoms with Gasteiger partial charge in [-0.2, -0.15) is 5.26 Å². The highest BCUT2D eigenvalue weighted by Gasteiger charge is 2.23. The highest BCUT2D eigenvalue weighted by atomic mass is 32.2. The molecule has 4 rings (SSSR count). The van der Waals surface area contributed by atoms with Crippen LogP contribution in [0.1, 0.15) is 11.1 Å². The van der Waals surface area contributed by atoms with E-state index in [2.05, 4.69) is 57.3 Å². The molecule has 7 nitrogen and oxygen atoms in total. The number of hydrogen-bond acceptors (Lipinski definition) is 7. The Balaban J connectivity index is 1.78. The molecule has 1 fully saturated rings. The number of morpholine rings is 1. The number of pyridine rings is 1. The van der Waals surface area contributed by atoms with Crippen molar-refractivity contribution in [2.75, 3.05) is 31.2 Å². The highest BCUT2D eigenvalue weighted by molar-refractivity contribution is 7.99. The molecule has 1 aromatic carbocycles. The first kappa shape index (κ1) is 17.5. The van der Waals surface area contributed by atoms with E-state index in [4.69, 9.17) is 4.74 Å². The Labute approximate surface area is 161 Å². The van der Waals surface area contributed by atoms with Gasteiger partial charge in [-0.3, -0.25) is 4.57 Å². The molecule has 2 aromatic heterocycles. The van der Waals surface area contributed by atoms with E-state index < -0.39 is 0 Å². The number of ether oxygens (including phenoxy) is 1. The van der Waals surface area contributed by atoms with Crippen LogP contribution in [0.5, 0.6) is 0 Å². The average Bonchev–Trinajstić information content (AvgIpc) is 3.13. The van der Waals surface area contributed by atoms with Crippen molar-refractivity contribution in [3.05, 3.63) is 53.7 Å². The fraction of sp³-hybridized carbons (Fsp3) is 0.263. The normalized spacial score (nSPS) is 14.1. The lowest BCUT2D eigenvalue weighted by atomic mass is 10.2. The zero-order valence-corrected chi connectivity index (χ0v) is 15.7. The molecule has 1 saturated heterocycles. The van der Waals surface area contributed by atoms with Gasteiger partial charge in [0.25, 0.3) is 0 Å². The molecule has 136 valence electrons. The van der Waals surface area contributed by atoms with Gasteiger partial charge in [-0.25, -0.2) is 4.98 Å². The van der Waals surface area contributed by atoms with Gasteiger partial charge in [-0.15, -0.1) is 10.2 Å². The molecule has 27 heavy (non-hydrogen) atoms. The van der Waals surface area contributed by atoms with Crippen molar-refractivity contribution in [2.24, 2.45) is 0 Å². The van der Waals surface area contributed by atoms with E-state index in [9.17, 15) is 5.26 Å². The van der Waals surface area contributed by atoms with Gasteiger partial charge in [0, 0.05) is 19.3 Å². The number of nitriles is 1. The number of anilines is 1. The van der Waals surface area contributed by atoms with Crippen LogP contribution in [0.2, 0.25) is 0 Å². The predicted octanol–water partition coefficient (Wildman–Crippen LogP) is 2.83. The Kier molecular flexibility index (Phi) is 5.05. The molecule has 1 aliphatic rings. The molecule has 3 heterocycles. The SMILES string of the molecule is Cc1ccc(-n2c(Sc3ncccc3C#N)nnc2N2CCOCC2)cc1. The maximum atomic E-state index is 9.35. The summed E-state index contributed by atoms with van der Waals surface area (Å²) in [5.41, 5.74) is 2.68. The number of rotatable bonds is 4. The van der Waals surface area contributed by atoms with Crippen LogP contribution in [0.15, 0.2) is 52.8 Å². The first-order valence-corrected chi connectivity index (χ1v) is 9.46. The van der Waals surface area contributed by atoms with Crippen LogP contribution in [0.4, 0.5) is 5.95 Å². The van der Waals surface area contributed by atoms with Crippen LogP contribution in [0.25, 0.3) is 5.69 Å². The molecule has 1 aliphatic heterocycles. The first-order valence-electron chi connectivity index (χ1n) is 8.64. The van der Waals surface area contributed by atoms with E-state index in [1.165, 1.54) is 17.3 Å². The molecule has 0 bridgehead atoms. The Bertz CT molecular complexity index is 973. The second kappa shape index (κ2) is 7.78. The van der Waals surface area contributed by atoms with Gasteiger partial charge in [0.05, 0.1) is 24.5 Å². The van der Waals surface area contributed by atoms with E-state index in [0.29, 0.717) is 29.0 Å². The van der Waals surface area contributed by atoms with Gasteiger partial charge >= 0.3 is 0 Å². The molecule has 0 radical (unpaired) electrons. The third-order valence-corrected chi connectivity index (χ3v) is 5.25. The Hall–Kier alpha value is -2.89. The van der Waals surface area contributed by atoms with Crippen LogP contribution < -0.4 is 4.90 Å². The quantitative estimate of drug-likeness (QED) is 0.690. The molecular weight excluding hydrogens is 360 g/mol. The van der Waals surface area contributed by atoms with Crippen LogP contribution in [-0.2, 0) is 4.74 Å². The van der Waals surface area contributed by atoms with Crippen LogP contribution >= 0.6 is 11.8 Å². The monoisotopic (exact) mass is 378 g/mol. The number of hydrogen-bond donors (Lipinski definition) is 0. The first-order chi connectivity index (χ1) is 13.3. The summed E-state index contributed by atoms with van der Waals surface area (Å²) in [6.07, 6.45) is 1.68. The number of benzene rings is 1. The molecule has 0 aliphatic carbocycles. The summed E-state index contributed by atoms with van der Waals surface area (Å²) >= 11 is 1.35. The van der Waals surface area contributed by atoms with Crippen LogP contribution in [-0.4, -0.2) is 46.1 Å². The van der Waals surface area contributed by atoms with Crippen molar-refractivity contribution in [3.8, 4) is 11.8 Å². The standard InChI is InChI=1S/C19H18N6OS/c1-14-4-6-16(7-5-14)25-18(24-9-11-26-12-10-24)22-23-19(25)27-17-15(13-20)3-2-8-21-17/h2-8H,9-12H2,1H3. The van der Waals surface area contributed by atoms with Crippen molar-refractivity contribution < 1.29 is 4.74 Å². The summed E-state index contributed by atoms with van der Waals surface area (Å²) in [6, 6.07) is 13.9. The smallest absolute Gasteiger partial charge is 0.232 e. The molecule has 0 saturated carbocycles. The summed E-state index contributed by atoms with van der Waals surface area (Å²) in [4.78, 5) is 6.51. The van der Waals surface area contributed by atoms with Crippen LogP contribution in [0.3, 0.4) is 0 Å². The Morgan fingerprint density at radius 2 is 1.89 bits per heavy atom. The molecule has 0 amide bonds. The molecular formula is C19H18N6OS. The minimum absolute atomic E-state index is 0.522. The number of aromatic nitrogens is 4. The van der Waals surface area contributed by atoms with Crippen molar-refractivity contribution in [1.82, 2.24) is 19.7 Å². The van der Waals surface area contributed by atoms with E-state index in [1.807, 2.05) is 4.57 Å². The Morgan fingerprint density at radius 1 is 1.11 bits per heavy atom. The molecule has 0 unspecified atom stereocenters. The summed E-state index contributed by atoms with van der Waals surface area (Å²) in [5, 5.41) is 19.5. The number of aryl methyl sites for hydroxylation is 1. The Morgan fingerprint density at radius 3 is 2.63 bits per heavy atom. The zero-order valence-electron chi connectivity index (χ0n) is 14.9. The lowest BCUT2D eigenvalue weighted by Crippen LogP contribution is -2.37.